The molecule has 1 aliphatic heterocycles. The molecule has 1 aromatic carbocycles. The zero-order chi connectivity index (χ0) is 20.3. The number of esters is 1. The Morgan fingerprint density at radius 1 is 1.25 bits per heavy atom. The molecule has 0 unspecified atom stereocenters. The normalized spacial score (nSPS) is 15.9. The molecule has 1 saturated heterocycles. The van der Waals surface area contributed by atoms with Crippen molar-refractivity contribution in [2.75, 3.05) is 20.2 Å². The maximum atomic E-state index is 13.0. The Morgan fingerprint density at radius 3 is 2.57 bits per heavy atom. The fourth-order valence-electron chi connectivity index (χ4n) is 2.99. The van der Waals surface area contributed by atoms with Gasteiger partial charge in [0.15, 0.2) is 0 Å². The van der Waals surface area contributed by atoms with E-state index >= 15 is 0 Å². The number of methoxy groups -OCH3 is 1. The smallest absolute Gasteiger partial charge is 0.337 e. The average molecular weight is 443 g/mol. The van der Waals surface area contributed by atoms with Crippen LogP contribution in [0.4, 0.5) is 0 Å². The number of piperidine rings is 1. The molecular weight excluding hydrogens is 424 g/mol. The molecule has 2 heterocycles. The molecule has 7 nitrogen and oxygen atoms in total. The summed E-state index contributed by atoms with van der Waals surface area (Å²) < 4.78 is 31.9. The summed E-state index contributed by atoms with van der Waals surface area (Å²) in [6, 6.07) is 7.47. The highest BCUT2D eigenvalue weighted by Crippen LogP contribution is 2.28. The van der Waals surface area contributed by atoms with Gasteiger partial charge in [-0.3, -0.25) is 4.79 Å². The van der Waals surface area contributed by atoms with Gasteiger partial charge < -0.3 is 10.1 Å². The minimum atomic E-state index is -3.87. The van der Waals surface area contributed by atoms with Crippen molar-refractivity contribution in [1.29, 1.82) is 0 Å². The number of nitrogens with zero attached hydrogens (tertiary/aromatic N) is 1. The van der Waals surface area contributed by atoms with E-state index in [0.717, 1.165) is 0 Å². The zero-order valence-electron chi connectivity index (χ0n) is 15.1. The number of nitrogens with one attached hydrogen (secondary N) is 1. The van der Waals surface area contributed by atoms with Crippen LogP contribution in [0.25, 0.3) is 0 Å². The largest absolute Gasteiger partial charge is 0.465 e. The second-order valence-electron chi connectivity index (χ2n) is 6.27. The highest BCUT2D eigenvalue weighted by Gasteiger charge is 2.32. The van der Waals surface area contributed by atoms with Gasteiger partial charge in [0.2, 0.25) is 10.0 Å². The number of carbonyl (C=O) groups excluding carboxylic acids is 2. The zero-order valence-corrected chi connectivity index (χ0v) is 17.4. The van der Waals surface area contributed by atoms with Crippen LogP contribution >= 0.6 is 22.9 Å². The number of amides is 1. The van der Waals surface area contributed by atoms with E-state index in [9.17, 15) is 18.0 Å². The Hall–Kier alpha value is -1.94. The van der Waals surface area contributed by atoms with Crippen LogP contribution < -0.4 is 5.32 Å². The van der Waals surface area contributed by atoms with Crippen LogP contribution in [0.5, 0.6) is 0 Å². The fourth-order valence-corrected chi connectivity index (χ4v) is 5.59. The Morgan fingerprint density at radius 2 is 1.96 bits per heavy atom. The summed E-state index contributed by atoms with van der Waals surface area (Å²) in [5.74, 6) is -0.784. The molecule has 10 heteroatoms. The van der Waals surface area contributed by atoms with E-state index in [2.05, 4.69) is 10.1 Å². The summed E-state index contributed by atoms with van der Waals surface area (Å²) in [6.07, 6.45) is 0.981. The highest BCUT2D eigenvalue weighted by atomic mass is 35.5. The molecule has 0 saturated carbocycles. The summed E-state index contributed by atoms with van der Waals surface area (Å²) in [5, 5.41) is 4.81. The van der Waals surface area contributed by atoms with Gasteiger partial charge >= 0.3 is 5.97 Å². The molecular formula is C18H19ClN2O5S2. The van der Waals surface area contributed by atoms with Crippen molar-refractivity contribution in [3.8, 4) is 0 Å². The predicted molar refractivity (Wildman–Crippen MR) is 106 cm³/mol. The summed E-state index contributed by atoms with van der Waals surface area (Å²) in [5.41, 5.74) is 0.114. The lowest BCUT2D eigenvalue weighted by Gasteiger charge is -2.31. The lowest BCUT2D eigenvalue weighted by atomic mass is 10.1. The van der Waals surface area contributed by atoms with Crippen LogP contribution in [-0.2, 0) is 14.8 Å². The second-order valence-corrected chi connectivity index (χ2v) is 9.53. The van der Waals surface area contributed by atoms with Gasteiger partial charge in [0.25, 0.3) is 5.91 Å². The van der Waals surface area contributed by atoms with Gasteiger partial charge in [-0.05, 0) is 42.5 Å². The van der Waals surface area contributed by atoms with Crippen LogP contribution in [0.1, 0.15) is 32.9 Å². The van der Waals surface area contributed by atoms with Gasteiger partial charge in [-0.25, -0.2) is 13.2 Å². The summed E-state index contributed by atoms with van der Waals surface area (Å²) in [4.78, 5) is 24.4. The maximum absolute atomic E-state index is 13.0. The molecule has 1 aliphatic rings. The third-order valence-electron chi connectivity index (χ3n) is 4.50. The fraction of sp³-hybridized carbons (Fsp3) is 0.333. The Kier molecular flexibility index (Phi) is 6.39. The molecule has 1 aromatic heterocycles. The minimum Gasteiger partial charge on any atom is -0.465 e. The van der Waals surface area contributed by atoms with Crippen molar-refractivity contribution in [3.63, 3.8) is 0 Å². The monoisotopic (exact) mass is 442 g/mol. The van der Waals surface area contributed by atoms with Crippen molar-refractivity contribution in [1.82, 2.24) is 9.62 Å². The third kappa shape index (κ3) is 4.38. The Labute approximate surface area is 172 Å². The molecule has 0 atom stereocenters. The number of hydrogen-bond acceptors (Lipinski definition) is 6. The van der Waals surface area contributed by atoms with Crippen molar-refractivity contribution in [2.45, 2.75) is 23.8 Å². The molecule has 0 radical (unpaired) electrons. The SMILES string of the molecule is COC(=O)c1ccc(Cl)c(S(=O)(=O)N2CCC(NC(=O)c3cccs3)CC2)c1. The van der Waals surface area contributed by atoms with Gasteiger partial charge in [0.1, 0.15) is 4.90 Å². The average Bonchev–Trinajstić information content (AvgIpc) is 3.23. The van der Waals surface area contributed by atoms with Crippen molar-refractivity contribution < 1.29 is 22.7 Å². The number of sulfonamides is 1. The second kappa shape index (κ2) is 8.60. The van der Waals surface area contributed by atoms with E-state index in [4.69, 9.17) is 11.6 Å². The van der Waals surface area contributed by atoms with Crippen molar-refractivity contribution in [2.24, 2.45) is 0 Å². The maximum Gasteiger partial charge on any atom is 0.337 e. The van der Waals surface area contributed by atoms with Gasteiger partial charge in [0, 0.05) is 19.1 Å². The third-order valence-corrected chi connectivity index (χ3v) is 7.75. The molecule has 0 bridgehead atoms. The molecule has 2 aromatic rings. The molecule has 0 spiro atoms. The van der Waals surface area contributed by atoms with Crippen LogP contribution in [0.2, 0.25) is 5.02 Å². The standard InChI is InChI=1S/C18H19ClN2O5S2/c1-26-18(23)12-4-5-14(19)16(11-12)28(24,25)21-8-6-13(7-9-21)20-17(22)15-3-2-10-27-15/h2-5,10-11,13H,6-9H2,1H3,(H,20,22). The Bertz CT molecular complexity index is 968. The van der Waals surface area contributed by atoms with E-state index in [1.165, 1.54) is 41.0 Å². The first-order chi connectivity index (χ1) is 13.3. The molecule has 1 N–H and O–H groups in total. The molecule has 28 heavy (non-hydrogen) atoms. The number of rotatable bonds is 5. The van der Waals surface area contributed by atoms with Crippen LogP contribution in [-0.4, -0.2) is 50.8 Å². The number of ether oxygens (including phenoxy) is 1. The predicted octanol–water partition coefficient (Wildman–Crippen LogP) is 2.77. The summed E-state index contributed by atoms with van der Waals surface area (Å²) in [7, 11) is -2.65. The van der Waals surface area contributed by atoms with Crippen LogP contribution in [0, 0.1) is 0 Å². The van der Waals surface area contributed by atoms with E-state index in [1.807, 2.05) is 5.38 Å². The van der Waals surface area contributed by atoms with Gasteiger partial charge in [-0.1, -0.05) is 17.7 Å². The van der Waals surface area contributed by atoms with Gasteiger partial charge in [-0.15, -0.1) is 11.3 Å². The molecule has 3 rings (SSSR count). The first kappa shape index (κ1) is 20.8. The van der Waals surface area contributed by atoms with E-state index in [1.54, 1.807) is 12.1 Å². The first-order valence-corrected chi connectivity index (χ1v) is 11.2. The first-order valence-electron chi connectivity index (χ1n) is 8.55. The highest BCUT2D eigenvalue weighted by molar-refractivity contribution is 7.89. The molecule has 150 valence electrons. The van der Waals surface area contributed by atoms with E-state index < -0.39 is 16.0 Å². The lowest BCUT2D eigenvalue weighted by molar-refractivity contribution is 0.0600. The van der Waals surface area contributed by atoms with E-state index in [-0.39, 0.29) is 40.5 Å². The van der Waals surface area contributed by atoms with E-state index in [0.29, 0.717) is 17.7 Å². The Balaban J connectivity index is 1.69. The van der Waals surface area contributed by atoms with Crippen molar-refractivity contribution in [3.05, 3.63) is 51.2 Å². The number of thiophene rings is 1. The quantitative estimate of drug-likeness (QED) is 0.719. The van der Waals surface area contributed by atoms with Crippen molar-refractivity contribution >= 4 is 44.8 Å². The number of benzene rings is 1. The summed E-state index contributed by atoms with van der Waals surface area (Å²) in [6.45, 7) is 0.493. The molecule has 0 aliphatic carbocycles. The molecule has 1 fully saturated rings. The number of carbonyl (C=O) groups is 2. The number of halogens is 1. The van der Waals surface area contributed by atoms with Gasteiger partial charge in [-0.2, -0.15) is 4.31 Å². The van der Waals surface area contributed by atoms with Gasteiger partial charge in [0.05, 0.1) is 22.6 Å². The molecule has 1 amide bonds. The lowest BCUT2D eigenvalue weighted by Crippen LogP contribution is -2.46. The van der Waals surface area contributed by atoms with Crippen LogP contribution in [0.3, 0.4) is 0 Å². The number of hydrogen-bond donors (Lipinski definition) is 1. The topological polar surface area (TPSA) is 92.8 Å². The minimum absolute atomic E-state index is 0.0424. The van der Waals surface area contributed by atoms with Crippen LogP contribution in [0.15, 0.2) is 40.6 Å². The summed E-state index contributed by atoms with van der Waals surface area (Å²) >= 11 is 7.45.